The average Bonchev–Trinajstić information content (AvgIpc) is 3.64. The molecule has 26 nitrogen and oxygen atoms in total. The first-order valence-electron chi connectivity index (χ1n) is 25.9. The number of carbonyl (C=O) groups excluding carboxylic acids is 9. The number of ether oxygens (including phenoxy) is 2. The SMILES string of the molecule is C/C=C1\NC(=O)[C@@H](NC(=O)[C@H](CCc2ccc(O)cc2)NC(=O)[C@H](C)NC(=O)[C@H](O)COS(=O)(=O)[O-])[C@@H](C)OC(=O)[C@H](C(C)C)NC(=O)[C@H](Cc2ccc(O)cc2)N(C)C(=O)[C@H](Cc2ccccc2)N2C(=O)[C@H](CC[C@H]2OC)NC1=O.[Na+]. The fourth-order valence-corrected chi connectivity index (χ4v) is 9.27. The van der Waals surface area contributed by atoms with Crippen molar-refractivity contribution in [1.29, 1.82) is 0 Å². The molecule has 28 heteroatoms. The summed E-state index contributed by atoms with van der Waals surface area (Å²) in [6.07, 6.45) is -4.06. The number of fused-ring (bicyclic) bond motifs is 2. The number of amides is 8. The minimum atomic E-state index is -5.31. The Morgan fingerprint density at radius 2 is 1.39 bits per heavy atom. The smallest absolute Gasteiger partial charge is 0.726 e. The number of hydrogen-bond acceptors (Lipinski definition) is 18. The van der Waals surface area contributed by atoms with E-state index in [1.54, 1.807) is 44.2 Å². The summed E-state index contributed by atoms with van der Waals surface area (Å²) in [6.45, 7) is 5.63. The van der Waals surface area contributed by atoms with Crippen LogP contribution in [0.15, 0.2) is 90.6 Å². The number of piperidine rings is 1. The monoisotopic (exact) mass is 1170 g/mol. The first-order valence-corrected chi connectivity index (χ1v) is 27.2. The molecule has 0 aliphatic carbocycles. The van der Waals surface area contributed by atoms with Gasteiger partial charge in [0, 0.05) is 27.0 Å². The second-order valence-corrected chi connectivity index (χ2v) is 20.9. The molecule has 0 saturated carbocycles. The zero-order valence-corrected chi connectivity index (χ0v) is 49.5. The van der Waals surface area contributed by atoms with Gasteiger partial charge in [0.15, 0.2) is 6.10 Å². The first kappa shape index (κ1) is 67.5. The minimum Gasteiger partial charge on any atom is -0.726 e. The normalized spacial score (nSPS) is 23.0. The Labute approximate surface area is 496 Å². The van der Waals surface area contributed by atoms with E-state index in [4.69, 9.17) is 9.47 Å². The number of aliphatic hydroxyl groups excluding tert-OH is 1. The third-order valence-electron chi connectivity index (χ3n) is 13.6. The van der Waals surface area contributed by atoms with Crippen LogP contribution < -0.4 is 61.5 Å². The Morgan fingerprint density at radius 3 is 1.96 bits per heavy atom. The van der Waals surface area contributed by atoms with Crippen LogP contribution in [-0.2, 0) is 86.5 Å². The molecular weight excluding hydrogens is 1100 g/mol. The van der Waals surface area contributed by atoms with E-state index in [0.29, 0.717) is 16.7 Å². The molecule has 2 saturated heterocycles. The molecular formula is C54H69N8NaO18S. The number of likely N-dealkylation sites (N-methyl/N-ethyl adjacent to an activating group) is 1. The maximum Gasteiger partial charge on any atom is 1.00 e. The number of nitrogens with zero attached hydrogens (tertiary/aromatic N) is 2. The Balaban J connectivity index is 0.0000144. The zero-order chi connectivity index (χ0) is 59.9. The number of methoxy groups -OCH3 is 1. The van der Waals surface area contributed by atoms with Crippen molar-refractivity contribution in [3.05, 3.63) is 107 Å². The van der Waals surface area contributed by atoms with Crippen LogP contribution in [0.1, 0.15) is 70.6 Å². The number of nitrogens with one attached hydrogen (secondary N) is 6. The largest absolute Gasteiger partial charge is 1.00 e. The third-order valence-corrected chi connectivity index (χ3v) is 14.0. The van der Waals surface area contributed by atoms with E-state index in [0.717, 1.165) is 11.8 Å². The number of rotatable bonds is 18. The van der Waals surface area contributed by atoms with E-state index >= 15 is 4.79 Å². The fourth-order valence-electron chi connectivity index (χ4n) is 8.97. The predicted octanol–water partition coefficient (Wildman–Crippen LogP) is -3.79. The van der Waals surface area contributed by atoms with E-state index < -0.39 is 143 Å². The van der Waals surface area contributed by atoms with Crippen molar-refractivity contribution >= 4 is 63.6 Å². The molecule has 2 fully saturated rings. The van der Waals surface area contributed by atoms with Crippen LogP contribution in [0.2, 0.25) is 0 Å². The van der Waals surface area contributed by atoms with E-state index in [1.807, 2.05) is 0 Å². The van der Waals surface area contributed by atoms with Gasteiger partial charge in [0.1, 0.15) is 78.4 Å². The summed E-state index contributed by atoms with van der Waals surface area (Å²) < 4.78 is 48.3. The van der Waals surface area contributed by atoms with Crippen molar-refractivity contribution in [3.63, 3.8) is 0 Å². The van der Waals surface area contributed by atoms with Gasteiger partial charge in [-0.15, -0.1) is 0 Å². The van der Waals surface area contributed by atoms with Gasteiger partial charge in [0.05, 0.1) is 0 Å². The molecule has 82 heavy (non-hydrogen) atoms. The van der Waals surface area contributed by atoms with Crippen molar-refractivity contribution in [3.8, 4) is 11.5 Å². The van der Waals surface area contributed by atoms with Crippen molar-refractivity contribution < 1.29 is 115 Å². The maximum atomic E-state index is 15.2. The molecule has 2 aliphatic heterocycles. The second-order valence-electron chi connectivity index (χ2n) is 19.8. The number of aromatic hydroxyl groups is 2. The number of aryl methyl sites for hydroxylation is 1. The summed E-state index contributed by atoms with van der Waals surface area (Å²) in [5.74, 6) is -9.95. The van der Waals surface area contributed by atoms with Crippen LogP contribution in [0.5, 0.6) is 11.5 Å². The van der Waals surface area contributed by atoms with Crippen LogP contribution in [-0.4, -0.2) is 173 Å². The Morgan fingerprint density at radius 1 is 0.805 bits per heavy atom. The molecule has 0 aromatic heterocycles. The molecule has 10 atom stereocenters. The van der Waals surface area contributed by atoms with E-state index in [9.17, 15) is 66.6 Å². The summed E-state index contributed by atoms with van der Waals surface area (Å²) >= 11 is 0. The molecule has 440 valence electrons. The van der Waals surface area contributed by atoms with Crippen molar-refractivity contribution in [2.24, 2.45) is 5.92 Å². The summed E-state index contributed by atoms with van der Waals surface area (Å²) in [5.41, 5.74) is 1.23. The van der Waals surface area contributed by atoms with Gasteiger partial charge in [-0.3, -0.25) is 42.5 Å². The van der Waals surface area contributed by atoms with Crippen LogP contribution in [0.25, 0.3) is 0 Å². The molecule has 9 N–H and O–H groups in total. The summed E-state index contributed by atoms with van der Waals surface area (Å²) in [4.78, 5) is 131. The minimum absolute atomic E-state index is 0. The molecule has 2 aliphatic rings. The summed E-state index contributed by atoms with van der Waals surface area (Å²) in [6, 6.07) is 9.71. The number of benzene rings is 3. The number of aliphatic hydroxyl groups is 1. The topological polar surface area (TPSA) is 378 Å². The van der Waals surface area contributed by atoms with Crippen LogP contribution in [0.4, 0.5) is 0 Å². The zero-order valence-electron chi connectivity index (χ0n) is 46.7. The van der Waals surface area contributed by atoms with E-state index in [1.165, 1.54) is 87.5 Å². The molecule has 0 spiro atoms. The van der Waals surface area contributed by atoms with Gasteiger partial charge in [-0.05, 0) is 93.3 Å². The van der Waals surface area contributed by atoms with Gasteiger partial charge in [-0.2, -0.15) is 0 Å². The molecule has 0 radical (unpaired) electrons. The van der Waals surface area contributed by atoms with Crippen LogP contribution >= 0.6 is 0 Å². The van der Waals surface area contributed by atoms with Gasteiger partial charge in [-0.1, -0.05) is 74.5 Å². The van der Waals surface area contributed by atoms with Crippen LogP contribution in [0, 0.1) is 5.92 Å². The number of phenolic OH excluding ortho intramolecular Hbond substituents is 2. The van der Waals surface area contributed by atoms with Gasteiger partial charge >= 0.3 is 35.5 Å². The molecule has 5 rings (SSSR count). The average molecular weight is 1170 g/mol. The van der Waals surface area contributed by atoms with Gasteiger partial charge < -0.3 is 71.0 Å². The van der Waals surface area contributed by atoms with E-state index in [-0.39, 0.29) is 79.6 Å². The summed E-state index contributed by atoms with van der Waals surface area (Å²) in [5, 5.41) is 44.9. The summed E-state index contributed by atoms with van der Waals surface area (Å²) in [7, 11) is -2.59. The molecule has 0 unspecified atom stereocenters. The van der Waals surface area contributed by atoms with E-state index in [2.05, 4.69) is 36.1 Å². The second kappa shape index (κ2) is 30.9. The number of hydrogen-bond donors (Lipinski definition) is 9. The molecule has 2 heterocycles. The Kier molecular flexibility index (Phi) is 25.4. The molecule has 3 aromatic rings. The van der Waals surface area contributed by atoms with Crippen molar-refractivity contribution in [1.82, 2.24) is 41.7 Å². The van der Waals surface area contributed by atoms with Crippen molar-refractivity contribution in [2.75, 3.05) is 20.8 Å². The molecule has 2 bridgehead atoms. The predicted molar refractivity (Wildman–Crippen MR) is 285 cm³/mol. The quantitative estimate of drug-likeness (QED) is 0.0194. The third kappa shape index (κ3) is 19.0. The first-order chi connectivity index (χ1) is 38.2. The number of phenols is 2. The molecule has 3 aromatic carbocycles. The van der Waals surface area contributed by atoms with Gasteiger partial charge in [-0.25, -0.2) is 13.2 Å². The maximum absolute atomic E-state index is 15.2. The standard InChI is InChI=1S/C54H70N8O18S.Na/c1-8-37-47(67)58-39-24-25-43(78-7)62(52(39)72)41(27-33-12-10-9-11-13-33)53(73)61(6)40(26-34-16-21-36(64)22-17-34)49(69)59-44(29(2)3)54(74)80-31(5)45(51(71)56-37)60-48(68)38(23-18-32-14-19-35(63)20-15-32)57-46(66)30(4)55-50(70)42(65)28-79-81(75,76)77;/h8-17,19-22,29-31,38-45,63-65H,18,23-28H2,1-7H3,(H,55,70)(H,56,71)(H,57,66)(H,58,67)(H,59,69)(H,60,68)(H,75,76,77);/q;+1/p-1/b37-8-;/t30-,31+,38-,39-,40-,41-,42+,43+,44-,45-;/m0./s1. The van der Waals surface area contributed by atoms with Gasteiger partial charge in [0.25, 0.3) is 17.7 Å². The Bertz CT molecular complexity index is 2900. The Hall–Kier alpha value is -6.98. The fraction of sp³-hybridized carbons (Fsp3) is 0.463. The number of carbonyl (C=O) groups is 9. The molecule has 8 amide bonds. The van der Waals surface area contributed by atoms with Crippen LogP contribution in [0.3, 0.4) is 0 Å². The van der Waals surface area contributed by atoms with Crippen molar-refractivity contribution in [2.45, 2.75) is 134 Å². The number of allylic oxidation sites excluding steroid dienone is 1. The van der Waals surface area contributed by atoms with Gasteiger partial charge in [0.2, 0.25) is 39.9 Å². The number of esters is 1. The number of cyclic esters (lactones) is 1.